The van der Waals surface area contributed by atoms with Crippen molar-refractivity contribution in [1.82, 2.24) is 9.88 Å². The Morgan fingerprint density at radius 2 is 1.45 bits per heavy atom. The summed E-state index contributed by atoms with van der Waals surface area (Å²) < 4.78 is 2.52. The van der Waals surface area contributed by atoms with E-state index in [1.54, 1.807) is 0 Å². The van der Waals surface area contributed by atoms with Gasteiger partial charge in [-0.25, -0.2) is 0 Å². The second-order valence-corrected chi connectivity index (χ2v) is 13.5. The second-order valence-electron chi connectivity index (χ2n) is 13.5. The van der Waals surface area contributed by atoms with Gasteiger partial charge in [0.2, 0.25) is 0 Å². The number of nitrogens with one attached hydrogen (secondary N) is 1. The third-order valence-corrected chi connectivity index (χ3v) is 10.3. The molecule has 2 unspecified atom stereocenters. The van der Waals surface area contributed by atoms with Gasteiger partial charge in [0.25, 0.3) is 0 Å². The van der Waals surface area contributed by atoms with Crippen molar-refractivity contribution in [3.8, 4) is 16.8 Å². The number of hydrogen-bond donors (Lipinski definition) is 1. The van der Waals surface area contributed by atoms with Crippen LogP contribution in [0.2, 0.25) is 0 Å². The van der Waals surface area contributed by atoms with Crippen molar-refractivity contribution < 1.29 is 0 Å². The van der Waals surface area contributed by atoms with Gasteiger partial charge in [0.05, 0.1) is 23.1 Å². The zero-order chi connectivity index (χ0) is 29.6. The number of aromatic nitrogens is 1. The molecule has 0 bridgehead atoms. The van der Waals surface area contributed by atoms with Crippen molar-refractivity contribution in [1.29, 1.82) is 0 Å². The maximum atomic E-state index is 3.74. The highest BCUT2D eigenvalue weighted by Gasteiger charge is 2.39. The van der Waals surface area contributed by atoms with Gasteiger partial charge in [-0.2, -0.15) is 0 Å². The molecule has 0 spiro atoms. The topological polar surface area (TPSA) is 26.9 Å². The highest BCUT2D eigenvalue weighted by Crippen LogP contribution is 2.51. The molecule has 2 nitrogen and oxygen atoms in total. The van der Waals surface area contributed by atoms with E-state index in [4.69, 9.17) is 0 Å². The summed E-state index contributed by atoms with van der Waals surface area (Å²) >= 11 is 0. The maximum Gasteiger partial charge on any atom is 0.0547 e. The average Bonchev–Trinajstić information content (AvgIpc) is 3.75. The van der Waals surface area contributed by atoms with Gasteiger partial charge in [-0.15, -0.1) is 0 Å². The van der Waals surface area contributed by atoms with E-state index in [2.05, 4.69) is 158 Å². The Hall–Kier alpha value is -4.66. The predicted molar refractivity (Wildman–Crippen MR) is 184 cm³/mol. The minimum atomic E-state index is -0.0339. The molecular weight excluding hydrogens is 532 g/mol. The first-order valence-corrected chi connectivity index (χ1v) is 16.0. The molecule has 1 N–H and O–H groups in total. The average molecular weight is 569 g/mol. The van der Waals surface area contributed by atoms with E-state index >= 15 is 0 Å². The van der Waals surface area contributed by atoms with Crippen LogP contribution in [0.25, 0.3) is 44.2 Å². The summed E-state index contributed by atoms with van der Waals surface area (Å²) in [6.45, 7) is 7.06. The maximum absolute atomic E-state index is 3.74. The summed E-state index contributed by atoms with van der Waals surface area (Å²) in [4.78, 5) is 0. The van der Waals surface area contributed by atoms with E-state index in [0.29, 0.717) is 18.0 Å². The molecule has 0 saturated carbocycles. The van der Waals surface area contributed by atoms with Crippen LogP contribution in [0, 0.1) is 5.92 Å². The Morgan fingerprint density at radius 3 is 2.32 bits per heavy atom. The van der Waals surface area contributed by atoms with Crippen molar-refractivity contribution in [2.75, 3.05) is 0 Å². The van der Waals surface area contributed by atoms with Crippen LogP contribution >= 0.6 is 0 Å². The number of fused-ring (bicyclic) bond motifs is 6. The molecular formula is C42H36N2. The highest BCUT2D eigenvalue weighted by molar-refractivity contribution is 6.12. The van der Waals surface area contributed by atoms with E-state index in [1.807, 2.05) is 0 Å². The Bertz CT molecular complexity index is 2180. The Kier molecular flexibility index (Phi) is 5.52. The van der Waals surface area contributed by atoms with E-state index in [0.717, 1.165) is 6.42 Å². The molecule has 6 aromatic rings. The predicted octanol–water partition coefficient (Wildman–Crippen LogP) is 10.5. The number of hydrogen-bond acceptors (Lipinski definition) is 1. The number of rotatable bonds is 4. The summed E-state index contributed by atoms with van der Waals surface area (Å²) in [5.74, 6) is 0.558. The van der Waals surface area contributed by atoms with Crippen LogP contribution in [0.15, 0.2) is 127 Å². The molecule has 1 fully saturated rings. The summed E-state index contributed by atoms with van der Waals surface area (Å²) in [7, 11) is 0. The number of nitrogens with zero attached hydrogens (tertiary/aromatic N) is 1. The van der Waals surface area contributed by atoms with Crippen molar-refractivity contribution >= 4 is 27.4 Å². The Balaban J connectivity index is 1.27. The third kappa shape index (κ3) is 3.84. The zero-order valence-electron chi connectivity index (χ0n) is 25.5. The van der Waals surface area contributed by atoms with Crippen molar-refractivity contribution in [3.63, 3.8) is 0 Å². The summed E-state index contributed by atoms with van der Waals surface area (Å²) in [6, 6.07) is 41.8. The normalized spacial score (nSPS) is 21.3. The van der Waals surface area contributed by atoms with Gasteiger partial charge in [-0.3, -0.25) is 5.32 Å². The Labute approximate surface area is 259 Å². The SMILES string of the molecule is CC1C=CC=C(c2ccc3c4cc5c(cc4n(-c4cccc([C@H]6NC6c6ccccc6)c4)c3c2)-c2ccccc2C5(C)C)C1. The van der Waals surface area contributed by atoms with Gasteiger partial charge in [-0.1, -0.05) is 118 Å². The molecule has 1 aromatic heterocycles. The lowest BCUT2D eigenvalue weighted by atomic mass is 9.82. The van der Waals surface area contributed by atoms with Crippen LogP contribution in [0.3, 0.4) is 0 Å². The van der Waals surface area contributed by atoms with E-state index in [1.165, 1.54) is 72.0 Å². The van der Waals surface area contributed by atoms with Gasteiger partial charge in [0.1, 0.15) is 0 Å². The summed E-state index contributed by atoms with van der Waals surface area (Å²) in [5.41, 5.74) is 14.7. The van der Waals surface area contributed by atoms with Crippen LogP contribution in [0.4, 0.5) is 0 Å². The van der Waals surface area contributed by atoms with Crippen molar-refractivity contribution in [2.45, 2.75) is 44.7 Å². The first-order valence-electron chi connectivity index (χ1n) is 16.0. The van der Waals surface area contributed by atoms with E-state index in [-0.39, 0.29) is 5.41 Å². The molecule has 0 radical (unpaired) electrons. The third-order valence-electron chi connectivity index (χ3n) is 10.3. The summed E-state index contributed by atoms with van der Waals surface area (Å²) in [6.07, 6.45) is 7.90. The van der Waals surface area contributed by atoms with Gasteiger partial charge in [0.15, 0.2) is 0 Å². The fraction of sp³-hybridized carbons (Fsp3) is 0.190. The molecule has 1 aliphatic heterocycles. The number of benzene rings is 5. The summed E-state index contributed by atoms with van der Waals surface area (Å²) in [5, 5.41) is 6.38. The second kappa shape index (κ2) is 9.42. The molecule has 1 saturated heterocycles. The molecule has 2 heteroatoms. The smallest absolute Gasteiger partial charge is 0.0547 e. The zero-order valence-corrected chi connectivity index (χ0v) is 25.5. The number of allylic oxidation sites excluding steroid dienone is 4. The molecule has 214 valence electrons. The minimum Gasteiger partial charge on any atom is -0.309 e. The lowest BCUT2D eigenvalue weighted by Crippen LogP contribution is -2.14. The molecule has 3 atom stereocenters. The van der Waals surface area contributed by atoms with Crippen LogP contribution < -0.4 is 5.32 Å². The first-order chi connectivity index (χ1) is 21.5. The van der Waals surface area contributed by atoms with E-state index < -0.39 is 0 Å². The van der Waals surface area contributed by atoms with Crippen LogP contribution in [-0.4, -0.2) is 4.57 Å². The molecule has 0 amide bonds. The van der Waals surface area contributed by atoms with Gasteiger partial charge < -0.3 is 4.57 Å². The highest BCUT2D eigenvalue weighted by atomic mass is 15.1. The molecule has 5 aromatic carbocycles. The van der Waals surface area contributed by atoms with Gasteiger partial charge in [0, 0.05) is 21.9 Å². The molecule has 2 aliphatic carbocycles. The molecule has 9 rings (SSSR count). The van der Waals surface area contributed by atoms with Crippen LogP contribution in [0.1, 0.15) is 67.1 Å². The van der Waals surface area contributed by atoms with Gasteiger partial charge >= 0.3 is 0 Å². The van der Waals surface area contributed by atoms with Crippen LogP contribution in [-0.2, 0) is 5.41 Å². The van der Waals surface area contributed by atoms with Crippen LogP contribution in [0.5, 0.6) is 0 Å². The fourth-order valence-corrected chi connectivity index (χ4v) is 7.98. The lowest BCUT2D eigenvalue weighted by molar-refractivity contribution is 0.661. The fourth-order valence-electron chi connectivity index (χ4n) is 7.98. The molecule has 2 heterocycles. The molecule has 44 heavy (non-hydrogen) atoms. The quantitative estimate of drug-likeness (QED) is 0.210. The van der Waals surface area contributed by atoms with E-state index in [9.17, 15) is 0 Å². The van der Waals surface area contributed by atoms with Crippen molar-refractivity contribution in [3.05, 3.63) is 155 Å². The first kappa shape index (κ1) is 25.8. The molecule has 3 aliphatic rings. The lowest BCUT2D eigenvalue weighted by Gasteiger charge is -2.21. The largest absolute Gasteiger partial charge is 0.309 e. The Morgan fingerprint density at radius 1 is 0.682 bits per heavy atom. The standard InChI is InChI=1S/C42H36N2/c1-26-11-9-14-28(21-26)29-19-20-33-35-24-37-34(32-17-7-8-18-36(32)42(37,2)3)25-39(35)44(38(33)23-29)31-16-10-15-30(22-31)41-40(43-41)27-12-5-4-6-13-27/h4-20,22-26,40-41,43H,21H2,1-3H3/t26?,40?,41-/m1/s1. The monoisotopic (exact) mass is 568 g/mol. The van der Waals surface area contributed by atoms with Crippen molar-refractivity contribution in [2.24, 2.45) is 5.92 Å². The minimum absolute atomic E-state index is 0.0339. The van der Waals surface area contributed by atoms with Gasteiger partial charge in [-0.05, 0) is 87.2 Å².